The van der Waals surface area contributed by atoms with Crippen LogP contribution in [-0.4, -0.2) is 24.6 Å². The zero-order chi connectivity index (χ0) is 16.8. The summed E-state index contributed by atoms with van der Waals surface area (Å²) in [6.07, 6.45) is 0. The lowest BCUT2D eigenvalue weighted by Gasteiger charge is -2.13. The Bertz CT molecular complexity index is 857. The Hall–Kier alpha value is -1.47. The second-order valence-corrected chi connectivity index (χ2v) is 8.50. The van der Waals surface area contributed by atoms with E-state index < -0.39 is 0 Å². The van der Waals surface area contributed by atoms with Gasteiger partial charge in [-0.15, -0.1) is 16.4 Å². The van der Waals surface area contributed by atoms with Crippen LogP contribution in [0.4, 0.5) is 0 Å². The van der Waals surface area contributed by atoms with Crippen LogP contribution < -0.4 is 0 Å². The molecule has 0 saturated carbocycles. The Labute approximate surface area is 144 Å². The van der Waals surface area contributed by atoms with Crippen molar-refractivity contribution in [3.63, 3.8) is 0 Å². The van der Waals surface area contributed by atoms with E-state index >= 15 is 0 Å². The largest absolute Gasteiger partial charge is 0.253 e. The van der Waals surface area contributed by atoms with E-state index in [1.54, 1.807) is 23.1 Å². The molecule has 0 radical (unpaired) electrons. The minimum Gasteiger partial charge on any atom is -0.245 e. The van der Waals surface area contributed by atoms with Crippen molar-refractivity contribution < 1.29 is 0 Å². The van der Waals surface area contributed by atoms with Gasteiger partial charge in [0.05, 0.1) is 10.7 Å². The zero-order valence-corrected chi connectivity index (χ0v) is 16.0. The molecular weight excluding hydrogens is 326 g/mol. The maximum absolute atomic E-state index is 4.72. The van der Waals surface area contributed by atoms with Crippen LogP contribution in [0.25, 0.3) is 5.78 Å². The van der Waals surface area contributed by atoms with Gasteiger partial charge in [-0.3, -0.25) is 0 Å². The van der Waals surface area contributed by atoms with E-state index in [9.17, 15) is 0 Å². The molecule has 23 heavy (non-hydrogen) atoms. The minimum atomic E-state index is 0.102. The number of thioether (sulfide) groups is 1. The molecule has 3 rings (SSSR count). The van der Waals surface area contributed by atoms with Gasteiger partial charge >= 0.3 is 0 Å². The lowest BCUT2D eigenvalue weighted by molar-refractivity contribution is 0.584. The highest BCUT2D eigenvalue weighted by Crippen LogP contribution is 2.28. The molecule has 0 saturated heterocycles. The SMILES string of the molecule is Cc1nc2nc(SCc3csc(C(C)(C)C)n3)nn2c(C)c1C. The Morgan fingerprint density at radius 3 is 2.52 bits per heavy atom. The molecule has 0 aliphatic heterocycles. The number of hydrogen-bond donors (Lipinski definition) is 0. The molecule has 0 unspecified atom stereocenters. The quantitative estimate of drug-likeness (QED) is 0.668. The molecule has 0 N–H and O–H groups in total. The van der Waals surface area contributed by atoms with Crippen molar-refractivity contribution in [3.8, 4) is 0 Å². The number of hydrogen-bond acceptors (Lipinski definition) is 6. The molecule has 0 aromatic carbocycles. The smallest absolute Gasteiger partial charge is 0.245 e. The number of thiazole rings is 1. The highest BCUT2D eigenvalue weighted by Gasteiger charge is 2.18. The molecule has 3 aromatic heterocycles. The minimum absolute atomic E-state index is 0.102. The molecule has 0 aliphatic rings. The summed E-state index contributed by atoms with van der Waals surface area (Å²) in [5, 5.41) is 8.61. The molecule has 0 bridgehead atoms. The monoisotopic (exact) mass is 347 g/mol. The molecular formula is C16H21N5S2. The second kappa shape index (κ2) is 5.87. The Morgan fingerprint density at radius 2 is 1.87 bits per heavy atom. The highest BCUT2D eigenvalue weighted by molar-refractivity contribution is 7.98. The predicted octanol–water partition coefficient (Wildman–Crippen LogP) is 4.10. The topological polar surface area (TPSA) is 56.0 Å². The fraction of sp³-hybridized carbons (Fsp3) is 0.500. The van der Waals surface area contributed by atoms with Crippen LogP contribution in [0, 0.1) is 20.8 Å². The molecule has 0 spiro atoms. The number of rotatable bonds is 3. The van der Waals surface area contributed by atoms with Crippen LogP contribution in [0.5, 0.6) is 0 Å². The van der Waals surface area contributed by atoms with Crippen LogP contribution in [0.3, 0.4) is 0 Å². The molecule has 3 heterocycles. The summed E-state index contributed by atoms with van der Waals surface area (Å²) < 4.78 is 1.83. The first-order chi connectivity index (χ1) is 10.8. The van der Waals surface area contributed by atoms with E-state index in [2.05, 4.69) is 55.1 Å². The summed E-state index contributed by atoms with van der Waals surface area (Å²) in [5.74, 6) is 1.45. The molecule has 3 aromatic rings. The standard InChI is InChI=1S/C16H21N5S2/c1-9-10(2)17-14-19-15(20-21(14)11(9)3)23-8-12-7-22-13(18-12)16(4,5)6/h7H,8H2,1-6H3. The summed E-state index contributed by atoms with van der Waals surface area (Å²) in [5.41, 5.74) is 4.45. The van der Waals surface area contributed by atoms with Crippen molar-refractivity contribution in [2.45, 2.75) is 57.9 Å². The lowest BCUT2D eigenvalue weighted by Crippen LogP contribution is -2.10. The van der Waals surface area contributed by atoms with Gasteiger partial charge in [-0.05, 0) is 26.3 Å². The van der Waals surface area contributed by atoms with Gasteiger partial charge in [-0.2, -0.15) is 4.98 Å². The van der Waals surface area contributed by atoms with Gasteiger partial charge in [0, 0.05) is 27.9 Å². The van der Waals surface area contributed by atoms with Gasteiger partial charge in [0.2, 0.25) is 5.16 Å². The predicted molar refractivity (Wildman–Crippen MR) is 95.4 cm³/mol. The fourth-order valence-corrected chi connectivity index (χ4v) is 3.88. The molecule has 5 nitrogen and oxygen atoms in total. The Morgan fingerprint density at radius 1 is 1.13 bits per heavy atom. The van der Waals surface area contributed by atoms with Gasteiger partial charge < -0.3 is 0 Å². The molecule has 0 amide bonds. The third kappa shape index (κ3) is 3.26. The summed E-state index contributed by atoms with van der Waals surface area (Å²) in [7, 11) is 0. The first-order valence-corrected chi connectivity index (χ1v) is 9.40. The van der Waals surface area contributed by atoms with Gasteiger partial charge in [-0.25, -0.2) is 14.5 Å². The lowest BCUT2D eigenvalue weighted by atomic mass is 9.98. The molecule has 0 fully saturated rings. The third-order valence-electron chi connectivity index (χ3n) is 3.78. The summed E-state index contributed by atoms with van der Waals surface area (Å²) in [6.45, 7) is 12.7. The third-order valence-corrected chi connectivity index (χ3v) is 5.97. The van der Waals surface area contributed by atoms with Crippen LogP contribution in [0.1, 0.15) is 48.4 Å². The van der Waals surface area contributed by atoms with Crippen LogP contribution in [0.2, 0.25) is 0 Å². The van der Waals surface area contributed by atoms with E-state index in [1.807, 2.05) is 11.4 Å². The van der Waals surface area contributed by atoms with Crippen LogP contribution in [-0.2, 0) is 11.2 Å². The fourth-order valence-electron chi connectivity index (χ4n) is 2.15. The molecule has 7 heteroatoms. The van der Waals surface area contributed by atoms with Gasteiger partial charge in [0.15, 0.2) is 0 Å². The number of aromatic nitrogens is 5. The average molecular weight is 348 g/mol. The summed E-state index contributed by atoms with van der Waals surface area (Å²) in [6, 6.07) is 0. The van der Waals surface area contributed by atoms with Crippen molar-refractivity contribution in [2.24, 2.45) is 0 Å². The maximum Gasteiger partial charge on any atom is 0.253 e. The summed E-state index contributed by atoms with van der Waals surface area (Å²) >= 11 is 3.32. The molecule has 0 atom stereocenters. The maximum atomic E-state index is 4.72. The van der Waals surface area contributed by atoms with E-state index in [0.717, 1.165) is 33.6 Å². The van der Waals surface area contributed by atoms with Crippen molar-refractivity contribution in [2.75, 3.05) is 0 Å². The number of aryl methyl sites for hydroxylation is 2. The van der Waals surface area contributed by atoms with Crippen molar-refractivity contribution >= 4 is 28.9 Å². The zero-order valence-electron chi connectivity index (χ0n) is 14.3. The first kappa shape index (κ1) is 16.4. The van der Waals surface area contributed by atoms with E-state index in [4.69, 9.17) is 4.98 Å². The summed E-state index contributed by atoms with van der Waals surface area (Å²) in [4.78, 5) is 13.8. The number of fused-ring (bicyclic) bond motifs is 1. The van der Waals surface area contributed by atoms with E-state index in [-0.39, 0.29) is 5.41 Å². The van der Waals surface area contributed by atoms with E-state index in [0.29, 0.717) is 5.78 Å². The highest BCUT2D eigenvalue weighted by atomic mass is 32.2. The first-order valence-electron chi connectivity index (χ1n) is 7.54. The molecule has 0 aliphatic carbocycles. The Kier molecular flexibility index (Phi) is 4.18. The van der Waals surface area contributed by atoms with Gasteiger partial charge in [0.1, 0.15) is 0 Å². The van der Waals surface area contributed by atoms with Crippen molar-refractivity contribution in [1.82, 2.24) is 24.6 Å². The normalized spacial score (nSPS) is 12.3. The van der Waals surface area contributed by atoms with Gasteiger partial charge in [-0.1, -0.05) is 32.5 Å². The molecule has 122 valence electrons. The number of nitrogens with zero attached hydrogens (tertiary/aromatic N) is 5. The Balaban J connectivity index is 1.80. The van der Waals surface area contributed by atoms with Crippen LogP contribution in [0.15, 0.2) is 10.5 Å². The average Bonchev–Trinajstić information content (AvgIpc) is 3.08. The van der Waals surface area contributed by atoms with E-state index in [1.165, 1.54) is 5.01 Å². The second-order valence-electron chi connectivity index (χ2n) is 6.70. The van der Waals surface area contributed by atoms with Gasteiger partial charge in [0.25, 0.3) is 5.78 Å². The van der Waals surface area contributed by atoms with Crippen molar-refractivity contribution in [1.29, 1.82) is 0 Å². The van der Waals surface area contributed by atoms with Crippen LogP contribution >= 0.6 is 23.1 Å². The van der Waals surface area contributed by atoms with Crippen molar-refractivity contribution in [3.05, 3.63) is 33.0 Å².